The molecule has 0 unspecified atom stereocenters. The van der Waals surface area contributed by atoms with Crippen molar-refractivity contribution < 1.29 is 4.79 Å². The summed E-state index contributed by atoms with van der Waals surface area (Å²) in [5, 5.41) is 2.65. The van der Waals surface area contributed by atoms with E-state index in [-0.39, 0.29) is 6.03 Å². The number of hydrogen-bond acceptors (Lipinski definition) is 1. The van der Waals surface area contributed by atoms with Crippen molar-refractivity contribution >= 4 is 6.03 Å². The zero-order valence-electron chi connectivity index (χ0n) is 10.9. The number of carbonyl (C=O) groups is 1. The molecule has 3 nitrogen and oxygen atoms in total. The molecule has 92 valence electrons. The van der Waals surface area contributed by atoms with Crippen LogP contribution < -0.4 is 5.32 Å². The van der Waals surface area contributed by atoms with Crippen molar-refractivity contribution in [1.82, 2.24) is 10.2 Å². The maximum absolute atomic E-state index is 11.8. The van der Waals surface area contributed by atoms with Crippen molar-refractivity contribution in [2.24, 2.45) is 0 Å². The smallest absolute Gasteiger partial charge is 0.317 e. The van der Waals surface area contributed by atoms with E-state index >= 15 is 0 Å². The first-order valence-electron chi connectivity index (χ1n) is 5.71. The molecule has 0 aliphatic heterocycles. The zero-order valence-corrected chi connectivity index (χ0v) is 10.9. The van der Waals surface area contributed by atoms with Crippen molar-refractivity contribution in [3.8, 4) is 0 Å². The fourth-order valence-corrected chi connectivity index (χ4v) is 1.88. The lowest BCUT2D eigenvalue weighted by Crippen LogP contribution is -2.47. The van der Waals surface area contributed by atoms with Crippen LogP contribution in [-0.2, 0) is 5.54 Å². The predicted molar refractivity (Wildman–Crippen MR) is 70.8 cm³/mol. The molecular formula is C14H20N2O. The molecule has 0 saturated carbocycles. The molecule has 2 amide bonds. The van der Waals surface area contributed by atoms with Gasteiger partial charge in [-0.3, -0.25) is 0 Å². The Bertz CT molecular complexity index is 400. The van der Waals surface area contributed by atoms with Gasteiger partial charge in [0.05, 0.1) is 5.54 Å². The Balaban J connectivity index is 3.19. The molecule has 0 radical (unpaired) electrons. The number of amides is 2. The molecule has 1 N–H and O–H groups in total. The molecule has 0 fully saturated rings. The number of allylic oxidation sites excluding steroid dienone is 1. The van der Waals surface area contributed by atoms with Crippen LogP contribution in [0.15, 0.2) is 42.5 Å². The Morgan fingerprint density at radius 2 is 1.94 bits per heavy atom. The minimum atomic E-state index is -0.434. The molecular weight excluding hydrogens is 212 g/mol. The number of likely N-dealkylation sites (N-methyl/N-ethyl adjacent to an activating group) is 1. The second-order valence-electron chi connectivity index (χ2n) is 4.13. The number of benzene rings is 1. The first kappa shape index (κ1) is 13.3. The molecule has 0 heterocycles. The van der Waals surface area contributed by atoms with Gasteiger partial charge in [-0.2, -0.15) is 0 Å². The monoisotopic (exact) mass is 232 g/mol. The largest absolute Gasteiger partial charge is 0.341 e. The minimum Gasteiger partial charge on any atom is -0.341 e. The highest BCUT2D eigenvalue weighted by molar-refractivity contribution is 5.75. The van der Waals surface area contributed by atoms with Gasteiger partial charge in [-0.05, 0) is 19.4 Å². The highest BCUT2D eigenvalue weighted by atomic mass is 16.2. The molecule has 17 heavy (non-hydrogen) atoms. The number of nitrogens with zero attached hydrogens (tertiary/aromatic N) is 1. The van der Waals surface area contributed by atoms with Gasteiger partial charge >= 0.3 is 6.03 Å². The molecule has 1 aromatic carbocycles. The second kappa shape index (κ2) is 5.53. The standard InChI is InChI=1S/C14H20N2O/c1-5-11-14(2,16(4)13(17)15-3)12-9-7-6-8-10-12/h5-11H,1-4H3,(H,15,17)/b11-5+/t14-/m1/s1. The van der Waals surface area contributed by atoms with E-state index in [9.17, 15) is 4.79 Å². The van der Waals surface area contributed by atoms with E-state index in [1.807, 2.05) is 56.3 Å². The van der Waals surface area contributed by atoms with Gasteiger partial charge in [0, 0.05) is 14.1 Å². The van der Waals surface area contributed by atoms with Gasteiger partial charge in [0.2, 0.25) is 0 Å². The lowest BCUT2D eigenvalue weighted by atomic mass is 9.90. The van der Waals surface area contributed by atoms with E-state index in [2.05, 4.69) is 5.32 Å². The maximum atomic E-state index is 11.8. The Morgan fingerprint density at radius 1 is 1.35 bits per heavy atom. The van der Waals surface area contributed by atoms with Crippen molar-refractivity contribution in [1.29, 1.82) is 0 Å². The van der Waals surface area contributed by atoms with Crippen LogP contribution in [0.4, 0.5) is 4.79 Å². The third kappa shape index (κ3) is 2.67. The lowest BCUT2D eigenvalue weighted by molar-refractivity contribution is 0.172. The third-order valence-electron chi connectivity index (χ3n) is 3.06. The number of urea groups is 1. The summed E-state index contributed by atoms with van der Waals surface area (Å²) in [6.07, 6.45) is 3.99. The van der Waals surface area contributed by atoms with Gasteiger partial charge < -0.3 is 10.2 Å². The molecule has 0 aromatic heterocycles. The average Bonchev–Trinajstić information content (AvgIpc) is 2.38. The van der Waals surface area contributed by atoms with Gasteiger partial charge in [0.25, 0.3) is 0 Å². The van der Waals surface area contributed by atoms with Crippen LogP contribution in [-0.4, -0.2) is 25.0 Å². The van der Waals surface area contributed by atoms with Crippen LogP contribution in [0.25, 0.3) is 0 Å². The van der Waals surface area contributed by atoms with Crippen LogP contribution in [0.3, 0.4) is 0 Å². The van der Waals surface area contributed by atoms with Gasteiger partial charge in [-0.1, -0.05) is 42.5 Å². The maximum Gasteiger partial charge on any atom is 0.317 e. The van der Waals surface area contributed by atoms with E-state index in [0.29, 0.717) is 0 Å². The topological polar surface area (TPSA) is 32.3 Å². The van der Waals surface area contributed by atoms with E-state index < -0.39 is 5.54 Å². The molecule has 0 spiro atoms. The van der Waals surface area contributed by atoms with Crippen molar-refractivity contribution in [3.63, 3.8) is 0 Å². The first-order valence-corrected chi connectivity index (χ1v) is 5.71. The number of hydrogen-bond donors (Lipinski definition) is 1. The summed E-state index contributed by atoms with van der Waals surface area (Å²) >= 11 is 0. The molecule has 0 bridgehead atoms. The summed E-state index contributed by atoms with van der Waals surface area (Å²) in [6, 6.07) is 9.89. The normalized spacial score (nSPS) is 14.4. The van der Waals surface area contributed by atoms with E-state index in [1.165, 1.54) is 0 Å². The Morgan fingerprint density at radius 3 is 2.41 bits per heavy atom. The minimum absolute atomic E-state index is 0.102. The predicted octanol–water partition coefficient (Wildman–Crippen LogP) is 2.75. The molecule has 1 atom stereocenters. The summed E-state index contributed by atoms with van der Waals surface area (Å²) in [5.74, 6) is 0. The molecule has 0 aliphatic carbocycles. The molecule has 0 saturated heterocycles. The van der Waals surface area contributed by atoms with Crippen molar-refractivity contribution in [2.75, 3.05) is 14.1 Å². The van der Waals surface area contributed by atoms with Gasteiger partial charge in [-0.25, -0.2) is 4.79 Å². The quantitative estimate of drug-likeness (QED) is 0.798. The van der Waals surface area contributed by atoms with Gasteiger partial charge in [-0.15, -0.1) is 0 Å². The van der Waals surface area contributed by atoms with Crippen LogP contribution >= 0.6 is 0 Å². The van der Waals surface area contributed by atoms with Crippen LogP contribution in [0.1, 0.15) is 19.4 Å². The van der Waals surface area contributed by atoms with Crippen molar-refractivity contribution in [3.05, 3.63) is 48.0 Å². The first-order chi connectivity index (χ1) is 8.06. The number of nitrogens with one attached hydrogen (secondary N) is 1. The Hall–Kier alpha value is -1.77. The summed E-state index contributed by atoms with van der Waals surface area (Å²) in [4.78, 5) is 13.5. The highest BCUT2D eigenvalue weighted by Crippen LogP contribution is 2.28. The Kier molecular flexibility index (Phi) is 4.32. The van der Waals surface area contributed by atoms with Crippen LogP contribution in [0.2, 0.25) is 0 Å². The lowest BCUT2D eigenvalue weighted by Gasteiger charge is -2.36. The Labute approximate surface area is 103 Å². The summed E-state index contributed by atoms with van der Waals surface area (Å²) in [5.41, 5.74) is 0.653. The number of carbonyl (C=O) groups excluding carboxylic acids is 1. The average molecular weight is 232 g/mol. The van der Waals surface area contributed by atoms with Crippen molar-refractivity contribution in [2.45, 2.75) is 19.4 Å². The fourth-order valence-electron chi connectivity index (χ4n) is 1.88. The van der Waals surface area contributed by atoms with E-state index in [4.69, 9.17) is 0 Å². The molecule has 0 aliphatic rings. The number of rotatable bonds is 3. The summed E-state index contributed by atoms with van der Waals surface area (Å²) < 4.78 is 0. The highest BCUT2D eigenvalue weighted by Gasteiger charge is 2.31. The van der Waals surface area contributed by atoms with Gasteiger partial charge in [0.15, 0.2) is 0 Å². The zero-order chi connectivity index (χ0) is 12.9. The van der Waals surface area contributed by atoms with E-state index in [0.717, 1.165) is 5.56 Å². The molecule has 1 rings (SSSR count). The SMILES string of the molecule is C/C=C/[C@](C)(c1ccccc1)N(C)C(=O)NC. The van der Waals surface area contributed by atoms with Crippen LogP contribution in [0.5, 0.6) is 0 Å². The summed E-state index contributed by atoms with van der Waals surface area (Å²) in [7, 11) is 3.44. The van der Waals surface area contributed by atoms with E-state index in [1.54, 1.807) is 19.0 Å². The van der Waals surface area contributed by atoms with Crippen LogP contribution in [0, 0.1) is 0 Å². The molecule has 1 aromatic rings. The summed E-state index contributed by atoms with van der Waals surface area (Å²) in [6.45, 7) is 3.98. The fraction of sp³-hybridized carbons (Fsp3) is 0.357. The van der Waals surface area contributed by atoms with Gasteiger partial charge in [0.1, 0.15) is 0 Å². The molecule has 3 heteroatoms. The second-order valence-corrected chi connectivity index (χ2v) is 4.13. The third-order valence-corrected chi connectivity index (χ3v) is 3.06.